The van der Waals surface area contributed by atoms with Gasteiger partial charge >= 0.3 is 5.97 Å². The van der Waals surface area contributed by atoms with Gasteiger partial charge in [-0.05, 0) is 37.2 Å². The highest BCUT2D eigenvalue weighted by Crippen LogP contribution is 2.76. The molecule has 1 saturated heterocycles. The molecule has 1 aliphatic heterocycles. The van der Waals surface area contributed by atoms with Crippen LogP contribution in [0.25, 0.3) is 0 Å². The molecule has 3 heteroatoms. The number of ether oxygens (including phenoxy) is 1. The fraction of sp³-hybridized carbons (Fsp3) is 0.800. The first-order valence-corrected chi connectivity index (χ1v) is 7.27. The van der Waals surface area contributed by atoms with Gasteiger partial charge in [0.1, 0.15) is 6.10 Å². The number of hydrogen-bond donors (Lipinski definition) is 1. The van der Waals surface area contributed by atoms with E-state index in [1.54, 1.807) is 0 Å². The predicted octanol–water partition coefficient (Wildman–Crippen LogP) is 2.05. The van der Waals surface area contributed by atoms with Crippen molar-refractivity contribution < 1.29 is 14.6 Å². The second-order valence-corrected chi connectivity index (χ2v) is 6.50. The van der Waals surface area contributed by atoms with Gasteiger partial charge in [0.2, 0.25) is 0 Å². The molecule has 6 atom stereocenters. The molecule has 0 aromatic carbocycles. The van der Waals surface area contributed by atoms with E-state index >= 15 is 0 Å². The summed E-state index contributed by atoms with van der Waals surface area (Å²) in [7, 11) is 0. The first kappa shape index (κ1) is 11.0. The smallest absolute Gasteiger partial charge is 0.310 e. The van der Waals surface area contributed by atoms with Crippen molar-refractivity contribution >= 4 is 5.97 Å². The molecule has 0 bridgehead atoms. The van der Waals surface area contributed by atoms with Gasteiger partial charge in [0, 0.05) is 0 Å². The highest BCUT2D eigenvalue weighted by atomic mass is 16.6. The average molecular weight is 248 g/mol. The third kappa shape index (κ3) is 0.900. The number of carbonyl (C=O) groups excluding carboxylic acids is 1. The van der Waals surface area contributed by atoms with E-state index in [1.165, 1.54) is 12.8 Å². The summed E-state index contributed by atoms with van der Waals surface area (Å²) in [5, 5.41) is 10.8. The Bertz CT molecular complexity index is 443. The molecule has 18 heavy (non-hydrogen) atoms. The lowest BCUT2D eigenvalue weighted by Gasteiger charge is -2.56. The zero-order valence-corrected chi connectivity index (χ0v) is 10.8. The van der Waals surface area contributed by atoms with Crippen LogP contribution in [0.5, 0.6) is 0 Å². The quantitative estimate of drug-likeness (QED) is 0.614. The largest absolute Gasteiger partial charge is 0.457 e. The van der Waals surface area contributed by atoms with Gasteiger partial charge in [-0.2, -0.15) is 0 Å². The van der Waals surface area contributed by atoms with Gasteiger partial charge in [0.15, 0.2) is 0 Å². The SMILES string of the molecule is CCCC[C@@H]1[C@H]2CC[C@]3(O)C=C[C@H]4OC(=O)[C@H]1[C@]243. The first-order chi connectivity index (χ1) is 8.65. The van der Waals surface area contributed by atoms with Gasteiger partial charge in [-0.25, -0.2) is 0 Å². The van der Waals surface area contributed by atoms with Crippen LogP contribution in [0.4, 0.5) is 0 Å². The molecule has 0 radical (unpaired) electrons. The summed E-state index contributed by atoms with van der Waals surface area (Å²) in [4.78, 5) is 12.1. The van der Waals surface area contributed by atoms with Gasteiger partial charge < -0.3 is 9.84 Å². The van der Waals surface area contributed by atoms with Crippen LogP contribution in [0.1, 0.15) is 39.0 Å². The number of aliphatic hydroxyl groups is 1. The molecule has 0 unspecified atom stereocenters. The molecule has 3 aliphatic carbocycles. The minimum atomic E-state index is -0.762. The Labute approximate surface area is 107 Å². The maximum absolute atomic E-state index is 12.1. The van der Waals surface area contributed by atoms with Crippen molar-refractivity contribution in [2.45, 2.75) is 50.7 Å². The lowest BCUT2D eigenvalue weighted by Crippen LogP contribution is -2.63. The number of carbonyl (C=O) groups is 1. The lowest BCUT2D eigenvalue weighted by atomic mass is 9.44. The van der Waals surface area contributed by atoms with E-state index in [-0.39, 0.29) is 23.4 Å². The molecule has 1 spiro atoms. The van der Waals surface area contributed by atoms with Crippen LogP contribution in [-0.4, -0.2) is 22.8 Å². The Morgan fingerprint density at radius 2 is 2.39 bits per heavy atom. The van der Waals surface area contributed by atoms with Gasteiger partial charge in [-0.3, -0.25) is 4.79 Å². The maximum atomic E-state index is 12.1. The van der Waals surface area contributed by atoms with Crippen LogP contribution in [0.15, 0.2) is 12.2 Å². The summed E-state index contributed by atoms with van der Waals surface area (Å²) in [5.41, 5.74) is -1.04. The molecule has 3 fully saturated rings. The molecule has 0 amide bonds. The van der Waals surface area contributed by atoms with E-state index in [1.807, 2.05) is 12.2 Å². The predicted molar refractivity (Wildman–Crippen MR) is 65.6 cm³/mol. The lowest BCUT2D eigenvalue weighted by molar-refractivity contribution is -0.173. The number of esters is 1. The van der Waals surface area contributed by atoms with Gasteiger partial charge in [0.05, 0.1) is 16.9 Å². The fourth-order valence-electron chi connectivity index (χ4n) is 5.47. The summed E-state index contributed by atoms with van der Waals surface area (Å²) in [6.07, 6.45) is 9.02. The van der Waals surface area contributed by atoms with Crippen molar-refractivity contribution in [3.8, 4) is 0 Å². The molecular formula is C15H20O3. The number of unbranched alkanes of at least 4 members (excludes halogenated alkanes) is 1. The van der Waals surface area contributed by atoms with Crippen molar-refractivity contribution in [2.24, 2.45) is 23.2 Å². The summed E-state index contributed by atoms with van der Waals surface area (Å²) in [5.74, 6) is 0.852. The fourth-order valence-corrected chi connectivity index (χ4v) is 5.47. The van der Waals surface area contributed by atoms with Crippen molar-refractivity contribution in [3.05, 3.63) is 12.2 Å². The third-order valence-corrected chi connectivity index (χ3v) is 6.07. The molecule has 4 rings (SSSR count). The number of hydrogen-bond acceptors (Lipinski definition) is 3. The minimum Gasteiger partial charge on any atom is -0.457 e. The molecule has 2 saturated carbocycles. The van der Waals surface area contributed by atoms with Crippen molar-refractivity contribution in [3.63, 3.8) is 0 Å². The standard InChI is InChI=1S/C15H20O3/c1-2-3-4-9-10-5-7-14(17)8-6-11-15(10,14)12(9)13(16)18-11/h6,8-12,17H,2-5,7H2,1H3/t9-,10-,11-,12+,14+,15+/m1/s1. The Hall–Kier alpha value is -0.830. The van der Waals surface area contributed by atoms with Gasteiger partial charge in [0.25, 0.3) is 0 Å². The van der Waals surface area contributed by atoms with Crippen molar-refractivity contribution in [2.75, 3.05) is 0 Å². The molecular weight excluding hydrogens is 228 g/mol. The van der Waals surface area contributed by atoms with E-state index in [9.17, 15) is 9.90 Å². The zero-order chi connectivity index (χ0) is 12.5. The topological polar surface area (TPSA) is 46.5 Å². The second-order valence-electron chi connectivity index (χ2n) is 6.50. The van der Waals surface area contributed by atoms with Gasteiger partial charge in [-0.15, -0.1) is 0 Å². The van der Waals surface area contributed by atoms with Crippen LogP contribution in [0.3, 0.4) is 0 Å². The third-order valence-electron chi connectivity index (χ3n) is 6.07. The van der Waals surface area contributed by atoms with Crippen LogP contribution < -0.4 is 0 Å². The first-order valence-electron chi connectivity index (χ1n) is 7.27. The molecule has 1 heterocycles. The van der Waals surface area contributed by atoms with E-state index in [4.69, 9.17) is 4.74 Å². The van der Waals surface area contributed by atoms with Crippen LogP contribution >= 0.6 is 0 Å². The molecule has 0 aromatic heterocycles. The van der Waals surface area contributed by atoms with E-state index in [0.29, 0.717) is 11.8 Å². The van der Waals surface area contributed by atoms with Crippen molar-refractivity contribution in [1.82, 2.24) is 0 Å². The minimum absolute atomic E-state index is 0.0402. The average Bonchev–Trinajstić information content (AvgIpc) is 2.82. The molecule has 1 N–H and O–H groups in total. The Kier molecular flexibility index (Phi) is 1.95. The zero-order valence-electron chi connectivity index (χ0n) is 10.8. The van der Waals surface area contributed by atoms with Crippen LogP contribution in [-0.2, 0) is 9.53 Å². The molecule has 98 valence electrons. The summed E-state index contributed by atoms with van der Waals surface area (Å²) in [6, 6.07) is 0. The van der Waals surface area contributed by atoms with E-state index in [2.05, 4.69) is 6.92 Å². The highest BCUT2D eigenvalue weighted by molar-refractivity contribution is 5.81. The molecule has 0 aromatic rings. The molecule has 3 nitrogen and oxygen atoms in total. The second kappa shape index (κ2) is 3.19. The van der Waals surface area contributed by atoms with Crippen LogP contribution in [0, 0.1) is 23.2 Å². The summed E-state index contributed by atoms with van der Waals surface area (Å²) >= 11 is 0. The molecule has 4 aliphatic rings. The van der Waals surface area contributed by atoms with Gasteiger partial charge in [-0.1, -0.05) is 25.8 Å². The van der Waals surface area contributed by atoms with Crippen LogP contribution in [0.2, 0.25) is 0 Å². The summed E-state index contributed by atoms with van der Waals surface area (Å²) in [6.45, 7) is 2.19. The van der Waals surface area contributed by atoms with Crippen molar-refractivity contribution in [1.29, 1.82) is 0 Å². The monoisotopic (exact) mass is 248 g/mol. The maximum Gasteiger partial charge on any atom is 0.310 e. The number of rotatable bonds is 3. The van der Waals surface area contributed by atoms with E-state index < -0.39 is 5.60 Å². The normalized spacial score (nSPS) is 55.1. The Morgan fingerprint density at radius 1 is 1.56 bits per heavy atom. The summed E-state index contributed by atoms with van der Waals surface area (Å²) < 4.78 is 5.53. The Balaban J connectivity index is 1.72. The van der Waals surface area contributed by atoms with E-state index in [0.717, 1.165) is 19.3 Å². The highest BCUT2D eigenvalue weighted by Gasteiger charge is 2.82. The Morgan fingerprint density at radius 3 is 3.17 bits per heavy atom.